The van der Waals surface area contributed by atoms with Crippen LogP contribution in [0.1, 0.15) is 32.1 Å². The molecular formula is C13H21FN2O2. The highest BCUT2D eigenvalue weighted by atomic mass is 19.3. The van der Waals surface area contributed by atoms with Crippen LogP contribution in [0.15, 0.2) is 0 Å². The van der Waals surface area contributed by atoms with E-state index >= 15 is 0 Å². The van der Waals surface area contributed by atoms with Gasteiger partial charge < -0.3 is 4.90 Å². The number of nitrogens with zero attached hydrogens (tertiary/aromatic N) is 2. The van der Waals surface area contributed by atoms with Crippen LogP contribution in [0.4, 0.5) is 4.53 Å². The van der Waals surface area contributed by atoms with Crippen LogP contribution in [0.3, 0.4) is 0 Å². The number of piperazine rings is 1. The van der Waals surface area contributed by atoms with Crippen molar-refractivity contribution in [2.24, 2.45) is 5.92 Å². The molecule has 0 spiro atoms. The molecule has 0 aromatic rings. The second-order valence-corrected chi connectivity index (χ2v) is 5.88. The third-order valence-electron chi connectivity index (χ3n) is 4.57. The molecule has 18 heavy (non-hydrogen) atoms. The zero-order valence-electron chi connectivity index (χ0n) is 10.7. The van der Waals surface area contributed by atoms with Gasteiger partial charge in [-0.1, -0.05) is 0 Å². The summed E-state index contributed by atoms with van der Waals surface area (Å²) in [4.78, 5) is 20.1. The number of halogens is 1. The summed E-state index contributed by atoms with van der Waals surface area (Å²) >= 11 is 0. The van der Waals surface area contributed by atoms with E-state index in [-0.39, 0.29) is 6.61 Å². The molecule has 0 radical (unpaired) electrons. The van der Waals surface area contributed by atoms with Gasteiger partial charge in [0.15, 0.2) is 0 Å². The van der Waals surface area contributed by atoms with E-state index in [0.717, 1.165) is 32.4 Å². The lowest BCUT2D eigenvalue weighted by Crippen LogP contribution is -2.55. The van der Waals surface area contributed by atoms with Gasteiger partial charge in [0, 0.05) is 38.1 Å². The third kappa shape index (κ3) is 2.52. The summed E-state index contributed by atoms with van der Waals surface area (Å²) in [5.41, 5.74) is 0. The van der Waals surface area contributed by atoms with Crippen molar-refractivity contribution in [1.82, 2.24) is 9.80 Å². The summed E-state index contributed by atoms with van der Waals surface area (Å²) < 4.78 is 11.8. The lowest BCUT2D eigenvalue weighted by Gasteiger charge is -2.40. The minimum absolute atomic E-state index is 0.142. The van der Waals surface area contributed by atoms with Crippen molar-refractivity contribution in [3.8, 4) is 0 Å². The molecule has 2 unspecified atom stereocenters. The van der Waals surface area contributed by atoms with Crippen LogP contribution >= 0.6 is 0 Å². The van der Waals surface area contributed by atoms with Gasteiger partial charge in [-0.2, -0.15) is 4.94 Å². The number of carbonyl (C=O) groups excluding carboxylic acids is 1. The largest absolute Gasteiger partial charge is 0.340 e. The maximum atomic E-state index is 12.1. The minimum atomic E-state index is 0.142. The van der Waals surface area contributed by atoms with Crippen LogP contribution in [0.5, 0.6) is 0 Å². The number of carbonyl (C=O) groups is 1. The molecule has 2 bridgehead atoms. The predicted octanol–water partition coefficient (Wildman–Crippen LogP) is 1.36. The van der Waals surface area contributed by atoms with E-state index in [4.69, 9.17) is 0 Å². The molecular weight excluding hydrogens is 235 g/mol. The van der Waals surface area contributed by atoms with Crippen molar-refractivity contribution in [3.05, 3.63) is 0 Å². The standard InChI is InChI=1S/C13H21FN2O2/c14-18-6-5-16-11-3-4-12(16)9-15(8-11)13(17)7-10-1-2-10/h10-12H,1-9H2. The van der Waals surface area contributed by atoms with Gasteiger partial charge in [-0.25, -0.2) is 0 Å². The number of hydrogen-bond donors (Lipinski definition) is 0. The first-order valence-electron chi connectivity index (χ1n) is 7.05. The van der Waals surface area contributed by atoms with Crippen molar-refractivity contribution in [3.63, 3.8) is 0 Å². The lowest BCUT2D eigenvalue weighted by atomic mass is 10.1. The highest BCUT2D eigenvalue weighted by molar-refractivity contribution is 5.77. The quantitative estimate of drug-likeness (QED) is 0.744. The fraction of sp³-hybridized carbons (Fsp3) is 0.923. The van der Waals surface area contributed by atoms with E-state index in [1.807, 2.05) is 4.90 Å². The number of rotatable bonds is 5. The molecule has 1 amide bonds. The van der Waals surface area contributed by atoms with E-state index in [1.54, 1.807) is 0 Å². The highest BCUT2D eigenvalue weighted by Crippen LogP contribution is 2.35. The first-order valence-corrected chi connectivity index (χ1v) is 7.05. The summed E-state index contributed by atoms with van der Waals surface area (Å²) in [6.45, 7) is 2.45. The third-order valence-corrected chi connectivity index (χ3v) is 4.57. The number of likely N-dealkylation sites (tertiary alicyclic amines) is 1. The molecule has 0 N–H and O–H groups in total. The van der Waals surface area contributed by atoms with E-state index in [0.29, 0.717) is 30.5 Å². The summed E-state index contributed by atoms with van der Waals surface area (Å²) in [6, 6.07) is 0.837. The minimum Gasteiger partial charge on any atom is -0.340 e. The topological polar surface area (TPSA) is 32.8 Å². The molecule has 1 saturated carbocycles. The van der Waals surface area contributed by atoms with Crippen LogP contribution in [-0.4, -0.2) is 54.0 Å². The van der Waals surface area contributed by atoms with E-state index in [9.17, 15) is 9.32 Å². The van der Waals surface area contributed by atoms with E-state index < -0.39 is 0 Å². The Hall–Kier alpha value is -0.680. The second-order valence-electron chi connectivity index (χ2n) is 5.88. The number of amides is 1. The van der Waals surface area contributed by atoms with E-state index in [2.05, 4.69) is 9.84 Å². The molecule has 0 aromatic heterocycles. The summed E-state index contributed by atoms with van der Waals surface area (Å²) in [6.07, 6.45) is 5.46. The molecule has 3 rings (SSSR count). The Morgan fingerprint density at radius 2 is 1.83 bits per heavy atom. The fourth-order valence-electron chi connectivity index (χ4n) is 3.40. The Kier molecular flexibility index (Phi) is 3.52. The van der Waals surface area contributed by atoms with Crippen molar-refractivity contribution >= 4 is 5.91 Å². The molecule has 1 aliphatic carbocycles. The van der Waals surface area contributed by atoms with Crippen LogP contribution in [-0.2, 0) is 9.74 Å². The molecule has 4 nitrogen and oxygen atoms in total. The van der Waals surface area contributed by atoms with Crippen molar-refractivity contribution < 1.29 is 14.3 Å². The zero-order chi connectivity index (χ0) is 12.5. The number of fused-ring (bicyclic) bond motifs is 2. The van der Waals surface area contributed by atoms with Crippen LogP contribution < -0.4 is 0 Å². The molecule has 102 valence electrons. The SMILES string of the molecule is O=C(CC1CC1)N1CC2CCC(C1)N2CCOF. The van der Waals surface area contributed by atoms with Gasteiger partial charge in [0.1, 0.15) is 6.61 Å². The average molecular weight is 256 g/mol. The van der Waals surface area contributed by atoms with Gasteiger partial charge in [-0.15, -0.1) is 0 Å². The van der Waals surface area contributed by atoms with Gasteiger partial charge in [-0.05, 0) is 36.1 Å². The summed E-state index contributed by atoms with van der Waals surface area (Å²) in [7, 11) is 0. The van der Waals surface area contributed by atoms with Gasteiger partial charge in [-0.3, -0.25) is 9.69 Å². The number of hydrogen-bond acceptors (Lipinski definition) is 3. The predicted molar refractivity (Wildman–Crippen MR) is 64.5 cm³/mol. The second kappa shape index (κ2) is 5.13. The molecule has 2 atom stereocenters. The van der Waals surface area contributed by atoms with Gasteiger partial charge in [0.25, 0.3) is 0 Å². The fourth-order valence-corrected chi connectivity index (χ4v) is 3.40. The summed E-state index contributed by atoms with van der Waals surface area (Å²) in [5, 5.41) is 0. The maximum Gasteiger partial charge on any atom is 0.222 e. The first-order chi connectivity index (χ1) is 8.78. The molecule has 2 saturated heterocycles. The lowest BCUT2D eigenvalue weighted by molar-refractivity contribution is -0.144. The van der Waals surface area contributed by atoms with Crippen LogP contribution in [0.2, 0.25) is 0 Å². The van der Waals surface area contributed by atoms with E-state index in [1.165, 1.54) is 12.8 Å². The van der Waals surface area contributed by atoms with Crippen molar-refractivity contribution in [1.29, 1.82) is 0 Å². The van der Waals surface area contributed by atoms with Gasteiger partial charge >= 0.3 is 0 Å². The molecule has 5 heteroatoms. The Balaban J connectivity index is 1.55. The molecule has 3 fully saturated rings. The van der Waals surface area contributed by atoms with Crippen molar-refractivity contribution in [2.45, 2.75) is 44.2 Å². The Bertz CT molecular complexity index is 308. The van der Waals surface area contributed by atoms with Crippen molar-refractivity contribution in [2.75, 3.05) is 26.2 Å². The monoisotopic (exact) mass is 256 g/mol. The Morgan fingerprint density at radius 1 is 1.17 bits per heavy atom. The average Bonchev–Trinajstić information content (AvgIpc) is 3.13. The normalized spacial score (nSPS) is 31.9. The Labute approximate surface area is 107 Å². The first kappa shape index (κ1) is 12.4. The molecule has 2 aliphatic heterocycles. The van der Waals surface area contributed by atoms with Crippen LogP contribution in [0, 0.1) is 5.92 Å². The smallest absolute Gasteiger partial charge is 0.222 e. The van der Waals surface area contributed by atoms with Crippen LogP contribution in [0.25, 0.3) is 0 Å². The summed E-state index contributed by atoms with van der Waals surface area (Å²) in [5.74, 6) is 0.990. The highest BCUT2D eigenvalue weighted by Gasteiger charge is 2.41. The maximum absolute atomic E-state index is 12.1. The molecule has 3 aliphatic rings. The molecule has 2 heterocycles. The van der Waals surface area contributed by atoms with Gasteiger partial charge in [0.2, 0.25) is 5.91 Å². The molecule has 0 aromatic carbocycles. The zero-order valence-corrected chi connectivity index (χ0v) is 10.7. The Morgan fingerprint density at radius 3 is 2.39 bits per heavy atom. The van der Waals surface area contributed by atoms with Gasteiger partial charge in [0.05, 0.1) is 0 Å².